The summed E-state index contributed by atoms with van der Waals surface area (Å²) in [6, 6.07) is 9.39. The number of carbonyl (C=O) groups excluding carboxylic acids is 2. The molecule has 0 aliphatic heterocycles. The number of hydrogen-bond acceptors (Lipinski definition) is 6. The zero-order valence-corrected chi connectivity index (χ0v) is 25.0. The van der Waals surface area contributed by atoms with Crippen molar-refractivity contribution in [3.63, 3.8) is 0 Å². The molecule has 9 nitrogen and oxygen atoms in total. The lowest BCUT2D eigenvalue weighted by Crippen LogP contribution is -2.30. The van der Waals surface area contributed by atoms with Crippen molar-refractivity contribution in [3.8, 4) is 11.1 Å². The Kier molecular flexibility index (Phi) is 12.2. The van der Waals surface area contributed by atoms with Crippen LogP contribution in [0.5, 0.6) is 0 Å². The van der Waals surface area contributed by atoms with Gasteiger partial charge in [-0.1, -0.05) is 31.4 Å². The minimum absolute atomic E-state index is 0.0250. The highest BCUT2D eigenvalue weighted by Gasteiger charge is 2.19. The van der Waals surface area contributed by atoms with E-state index in [9.17, 15) is 28.3 Å². The number of rotatable bonds is 14. The van der Waals surface area contributed by atoms with Gasteiger partial charge in [-0.3, -0.25) is 15.1 Å². The molecule has 0 radical (unpaired) electrons. The first-order valence-corrected chi connectivity index (χ1v) is 14.2. The quantitative estimate of drug-likeness (QED) is 0.173. The van der Waals surface area contributed by atoms with Crippen LogP contribution in [0.2, 0.25) is 5.02 Å². The SMILES string of the molecule is CCCCC(Nc1ccc(F)cc1-c1ccnc(CC(=O)N(C)CCCOC(=O)Nc2ccc(Cl)c(F)c2C)c1)C(=O)O. The molecule has 2 aromatic carbocycles. The van der Waals surface area contributed by atoms with Gasteiger partial charge in [0.1, 0.15) is 17.7 Å². The molecule has 3 aromatic rings. The number of unbranched alkanes of at least 4 members (excludes halogenated alkanes) is 1. The van der Waals surface area contributed by atoms with Gasteiger partial charge in [0.25, 0.3) is 0 Å². The van der Waals surface area contributed by atoms with E-state index in [0.29, 0.717) is 41.9 Å². The van der Waals surface area contributed by atoms with Crippen LogP contribution < -0.4 is 10.6 Å². The molecule has 3 N–H and O–H groups in total. The Balaban J connectivity index is 1.57. The minimum Gasteiger partial charge on any atom is -0.480 e. The Labute approximate surface area is 254 Å². The summed E-state index contributed by atoms with van der Waals surface area (Å²) >= 11 is 5.73. The van der Waals surface area contributed by atoms with E-state index in [1.807, 2.05) is 6.92 Å². The molecule has 43 heavy (non-hydrogen) atoms. The molecule has 2 amide bonds. The lowest BCUT2D eigenvalue weighted by molar-refractivity contribution is -0.138. The smallest absolute Gasteiger partial charge is 0.411 e. The highest BCUT2D eigenvalue weighted by Crippen LogP contribution is 2.30. The van der Waals surface area contributed by atoms with Gasteiger partial charge in [-0.25, -0.2) is 18.4 Å². The second kappa shape index (κ2) is 15.8. The molecule has 0 aliphatic rings. The van der Waals surface area contributed by atoms with Crippen LogP contribution in [0.3, 0.4) is 0 Å². The van der Waals surface area contributed by atoms with Gasteiger partial charge in [0.15, 0.2) is 0 Å². The van der Waals surface area contributed by atoms with Gasteiger partial charge in [-0.05, 0) is 67.8 Å². The lowest BCUT2D eigenvalue weighted by atomic mass is 10.0. The fraction of sp³-hybridized carbons (Fsp3) is 0.355. The van der Waals surface area contributed by atoms with Crippen molar-refractivity contribution in [2.75, 3.05) is 30.8 Å². The number of nitrogens with zero attached hydrogens (tertiary/aromatic N) is 2. The Morgan fingerprint density at radius 1 is 1.09 bits per heavy atom. The summed E-state index contributed by atoms with van der Waals surface area (Å²) in [5, 5.41) is 15.1. The third kappa shape index (κ3) is 9.64. The summed E-state index contributed by atoms with van der Waals surface area (Å²) in [5.41, 5.74) is 2.39. The number of carboxylic acid groups (broad SMARTS) is 1. The Morgan fingerprint density at radius 2 is 1.84 bits per heavy atom. The maximum absolute atomic E-state index is 14.2. The van der Waals surface area contributed by atoms with Crippen molar-refractivity contribution in [1.29, 1.82) is 0 Å². The molecule has 1 unspecified atom stereocenters. The maximum atomic E-state index is 14.2. The molecule has 0 bridgehead atoms. The Morgan fingerprint density at radius 3 is 2.56 bits per heavy atom. The van der Waals surface area contributed by atoms with E-state index in [-0.39, 0.29) is 35.2 Å². The molecule has 0 aliphatic carbocycles. The first-order valence-electron chi connectivity index (χ1n) is 13.9. The monoisotopic (exact) mass is 616 g/mol. The number of aliphatic carboxylic acids is 1. The molecule has 0 saturated heterocycles. The predicted octanol–water partition coefficient (Wildman–Crippen LogP) is 6.68. The second-order valence-electron chi connectivity index (χ2n) is 10.0. The molecule has 1 aromatic heterocycles. The standard InChI is InChI=1S/C31H35ClF2N4O5/c1-4-5-7-27(30(40)41)36-26-10-8-21(33)17-23(26)20-12-13-35-22(16-20)18-28(39)38(3)14-6-15-43-31(42)37-25-11-9-24(32)29(34)19(25)2/h8-13,16-17,27,36H,4-7,14-15,18H2,1-3H3,(H,37,42)(H,40,41). The number of aromatic nitrogens is 1. The van der Waals surface area contributed by atoms with E-state index in [2.05, 4.69) is 15.6 Å². The highest BCUT2D eigenvalue weighted by molar-refractivity contribution is 6.30. The lowest BCUT2D eigenvalue weighted by Gasteiger charge is -2.19. The van der Waals surface area contributed by atoms with Crippen molar-refractivity contribution < 1.29 is 33.0 Å². The van der Waals surface area contributed by atoms with Crippen LogP contribution in [0.15, 0.2) is 48.7 Å². The number of pyridine rings is 1. The summed E-state index contributed by atoms with van der Waals surface area (Å²) in [7, 11) is 1.61. The van der Waals surface area contributed by atoms with E-state index in [4.69, 9.17) is 16.3 Å². The normalized spacial score (nSPS) is 11.5. The van der Waals surface area contributed by atoms with E-state index in [1.54, 1.807) is 19.2 Å². The van der Waals surface area contributed by atoms with Crippen LogP contribution >= 0.6 is 11.6 Å². The van der Waals surface area contributed by atoms with Crippen LogP contribution in [0, 0.1) is 18.6 Å². The molecule has 0 fully saturated rings. The third-order valence-electron chi connectivity index (χ3n) is 6.79. The summed E-state index contributed by atoms with van der Waals surface area (Å²) in [4.78, 5) is 42.5. The summed E-state index contributed by atoms with van der Waals surface area (Å²) in [5.74, 6) is -2.33. The summed E-state index contributed by atoms with van der Waals surface area (Å²) in [6.45, 7) is 3.78. The van der Waals surface area contributed by atoms with E-state index in [0.717, 1.165) is 12.8 Å². The Bertz CT molecular complexity index is 1460. The average molecular weight is 617 g/mol. The van der Waals surface area contributed by atoms with Crippen LogP contribution in [-0.4, -0.2) is 59.2 Å². The van der Waals surface area contributed by atoms with Crippen LogP contribution in [0.1, 0.15) is 43.9 Å². The average Bonchev–Trinajstić information content (AvgIpc) is 2.98. The molecule has 230 valence electrons. The first-order chi connectivity index (χ1) is 20.5. The van der Waals surface area contributed by atoms with Crippen LogP contribution in [-0.2, 0) is 20.7 Å². The van der Waals surface area contributed by atoms with Gasteiger partial charge in [0.2, 0.25) is 5.91 Å². The second-order valence-corrected chi connectivity index (χ2v) is 10.5. The molecular weight excluding hydrogens is 582 g/mol. The molecule has 12 heteroatoms. The molecule has 1 atom stereocenters. The number of carboxylic acids is 1. The fourth-order valence-electron chi connectivity index (χ4n) is 4.29. The third-order valence-corrected chi connectivity index (χ3v) is 7.08. The number of ether oxygens (including phenoxy) is 1. The van der Waals surface area contributed by atoms with Crippen molar-refractivity contribution in [2.45, 2.75) is 52.0 Å². The Hall–Kier alpha value is -4.25. The summed E-state index contributed by atoms with van der Waals surface area (Å²) in [6.07, 6.45) is 3.07. The number of anilines is 2. The van der Waals surface area contributed by atoms with Gasteiger partial charge < -0.3 is 20.1 Å². The van der Waals surface area contributed by atoms with Gasteiger partial charge >= 0.3 is 12.1 Å². The molecule has 0 spiro atoms. The number of nitrogens with one attached hydrogen (secondary N) is 2. The minimum atomic E-state index is -0.995. The predicted molar refractivity (Wildman–Crippen MR) is 161 cm³/mol. The summed E-state index contributed by atoms with van der Waals surface area (Å²) < 4.78 is 33.3. The number of halogens is 3. The van der Waals surface area contributed by atoms with Crippen LogP contribution in [0.25, 0.3) is 11.1 Å². The molecular formula is C31H35ClF2N4O5. The van der Waals surface area contributed by atoms with Crippen molar-refractivity contribution >= 4 is 40.9 Å². The van der Waals surface area contributed by atoms with Crippen molar-refractivity contribution in [3.05, 3.63) is 76.6 Å². The van der Waals surface area contributed by atoms with Gasteiger partial charge in [-0.2, -0.15) is 0 Å². The fourth-order valence-corrected chi connectivity index (χ4v) is 4.50. The number of hydrogen-bond donors (Lipinski definition) is 3. The van der Waals surface area contributed by atoms with Gasteiger partial charge in [0, 0.05) is 42.3 Å². The molecule has 0 saturated carbocycles. The number of amides is 2. The van der Waals surface area contributed by atoms with Gasteiger partial charge in [-0.15, -0.1) is 0 Å². The topological polar surface area (TPSA) is 121 Å². The number of benzene rings is 2. The van der Waals surface area contributed by atoms with Crippen molar-refractivity contribution in [1.82, 2.24) is 9.88 Å². The van der Waals surface area contributed by atoms with Crippen LogP contribution in [0.4, 0.5) is 25.0 Å². The number of likely N-dealkylation sites (N-methyl/N-ethyl adjacent to an activating group) is 1. The van der Waals surface area contributed by atoms with Gasteiger partial charge in [0.05, 0.1) is 23.7 Å². The largest absolute Gasteiger partial charge is 0.480 e. The van der Waals surface area contributed by atoms with Crippen molar-refractivity contribution in [2.24, 2.45) is 0 Å². The van der Waals surface area contributed by atoms with E-state index < -0.39 is 29.7 Å². The zero-order chi connectivity index (χ0) is 31.5. The van der Waals surface area contributed by atoms with E-state index >= 15 is 0 Å². The number of carbonyl (C=O) groups is 3. The maximum Gasteiger partial charge on any atom is 0.411 e. The highest BCUT2D eigenvalue weighted by atomic mass is 35.5. The first kappa shape index (κ1) is 33.3. The molecule has 3 rings (SSSR count). The zero-order valence-electron chi connectivity index (χ0n) is 24.3. The molecule has 1 heterocycles. The van der Waals surface area contributed by atoms with E-state index in [1.165, 1.54) is 48.4 Å².